The molecule has 0 aliphatic carbocycles. The van der Waals surface area contributed by atoms with Crippen molar-refractivity contribution < 1.29 is 4.74 Å². The highest BCUT2D eigenvalue weighted by atomic mass is 16.5. The number of H-pyrrole nitrogens is 1. The van der Waals surface area contributed by atoms with Crippen molar-refractivity contribution in [2.24, 2.45) is 4.99 Å². The second-order valence-electron chi connectivity index (χ2n) is 6.75. The summed E-state index contributed by atoms with van der Waals surface area (Å²) in [4.78, 5) is 4.74. The number of hydrogen-bond donors (Lipinski definition) is 2. The lowest BCUT2D eigenvalue weighted by Crippen LogP contribution is -2.46. The average Bonchev–Trinajstić information content (AvgIpc) is 3.07. The van der Waals surface area contributed by atoms with Gasteiger partial charge in [-0.05, 0) is 23.6 Å². The molecule has 0 amide bonds. The zero-order valence-electron chi connectivity index (χ0n) is 15.6. The fourth-order valence-corrected chi connectivity index (χ4v) is 3.28. The number of fused-ring (bicyclic) bond motifs is 1. The minimum atomic E-state index is 0.602. The molecule has 0 atom stereocenters. The number of amidine groups is 1. The largest absolute Gasteiger partial charge is 0.380 e. The van der Waals surface area contributed by atoms with Crippen LogP contribution in [0.25, 0.3) is 0 Å². The predicted molar refractivity (Wildman–Crippen MR) is 106 cm³/mol. The smallest absolute Gasteiger partial charge is 0.175 e. The number of rotatable bonds is 5. The van der Waals surface area contributed by atoms with Crippen LogP contribution in [0.15, 0.2) is 59.6 Å². The Morgan fingerprint density at radius 2 is 1.96 bits per heavy atom. The van der Waals surface area contributed by atoms with E-state index in [-0.39, 0.29) is 0 Å². The predicted octanol–water partition coefficient (Wildman–Crippen LogP) is 3.46. The number of ether oxygens (including phenoxy) is 1. The summed E-state index contributed by atoms with van der Waals surface area (Å²) in [7, 11) is 1.72. The first kappa shape index (κ1) is 17.5. The monoisotopic (exact) mass is 361 g/mol. The van der Waals surface area contributed by atoms with E-state index >= 15 is 0 Å². The van der Waals surface area contributed by atoms with Crippen molar-refractivity contribution in [3.8, 4) is 0 Å². The molecule has 0 bridgehead atoms. The van der Waals surface area contributed by atoms with Gasteiger partial charge >= 0.3 is 0 Å². The number of aromatic nitrogens is 2. The van der Waals surface area contributed by atoms with E-state index in [0.717, 1.165) is 35.7 Å². The summed E-state index contributed by atoms with van der Waals surface area (Å²) in [6, 6.07) is 18.7. The van der Waals surface area contributed by atoms with Crippen LogP contribution in [-0.2, 0) is 24.4 Å². The van der Waals surface area contributed by atoms with Gasteiger partial charge in [0, 0.05) is 37.5 Å². The Kier molecular flexibility index (Phi) is 5.00. The van der Waals surface area contributed by atoms with Crippen LogP contribution in [0.1, 0.15) is 27.9 Å². The molecule has 6 heteroatoms. The highest BCUT2D eigenvalue weighted by molar-refractivity contribution is 6.01. The molecule has 4 rings (SSSR count). The number of nitrogens with one attached hydrogen (secondary N) is 2. The van der Waals surface area contributed by atoms with E-state index in [1.807, 2.05) is 19.1 Å². The number of hydrogen-bond acceptors (Lipinski definition) is 4. The Hall–Kier alpha value is -2.96. The molecular weight excluding hydrogens is 338 g/mol. The van der Waals surface area contributed by atoms with Gasteiger partial charge in [0.05, 0.1) is 6.61 Å². The van der Waals surface area contributed by atoms with Crippen LogP contribution < -0.4 is 5.43 Å². The average molecular weight is 361 g/mol. The molecule has 2 aromatic carbocycles. The number of aryl methyl sites for hydroxylation is 1. The molecule has 138 valence electrons. The Morgan fingerprint density at radius 1 is 1.11 bits per heavy atom. The van der Waals surface area contributed by atoms with E-state index < -0.39 is 0 Å². The summed E-state index contributed by atoms with van der Waals surface area (Å²) in [6.45, 7) is 4.15. The van der Waals surface area contributed by atoms with Crippen LogP contribution in [0.5, 0.6) is 0 Å². The molecule has 0 spiro atoms. The second-order valence-corrected chi connectivity index (χ2v) is 6.75. The fourth-order valence-electron chi connectivity index (χ4n) is 3.28. The quantitative estimate of drug-likeness (QED) is 0.730. The molecule has 0 fully saturated rings. The van der Waals surface area contributed by atoms with Crippen molar-refractivity contribution in [2.45, 2.75) is 26.6 Å². The van der Waals surface area contributed by atoms with E-state index in [0.29, 0.717) is 12.4 Å². The van der Waals surface area contributed by atoms with Crippen molar-refractivity contribution in [3.05, 3.63) is 82.5 Å². The SMILES string of the molecule is COCc1ccc2c(c1)CN(Cc1ccccc1)NC2=Nc1cc(C)[nH]n1. The van der Waals surface area contributed by atoms with Gasteiger partial charge in [0.1, 0.15) is 0 Å². The molecule has 6 nitrogen and oxygen atoms in total. The summed E-state index contributed by atoms with van der Waals surface area (Å²) in [5.74, 6) is 1.48. The molecule has 1 aliphatic rings. The molecule has 0 unspecified atom stereocenters. The fraction of sp³-hybridized carbons (Fsp3) is 0.238. The first-order valence-electron chi connectivity index (χ1n) is 8.98. The molecule has 1 aromatic heterocycles. The zero-order valence-corrected chi connectivity index (χ0v) is 15.6. The number of nitrogens with zero attached hydrogens (tertiary/aromatic N) is 3. The third-order valence-electron chi connectivity index (χ3n) is 4.50. The van der Waals surface area contributed by atoms with Crippen molar-refractivity contribution in [3.63, 3.8) is 0 Å². The minimum Gasteiger partial charge on any atom is -0.380 e. The highest BCUT2D eigenvalue weighted by Gasteiger charge is 2.22. The van der Waals surface area contributed by atoms with E-state index in [4.69, 9.17) is 9.73 Å². The van der Waals surface area contributed by atoms with Gasteiger partial charge in [-0.1, -0.05) is 48.5 Å². The number of hydrazine groups is 1. The van der Waals surface area contributed by atoms with Crippen molar-refractivity contribution in [1.82, 2.24) is 20.6 Å². The van der Waals surface area contributed by atoms with Gasteiger partial charge in [0.2, 0.25) is 0 Å². The van der Waals surface area contributed by atoms with Crippen LogP contribution >= 0.6 is 0 Å². The van der Waals surface area contributed by atoms with Crippen LogP contribution in [-0.4, -0.2) is 28.2 Å². The summed E-state index contributed by atoms with van der Waals surface area (Å²) in [5, 5.41) is 9.37. The summed E-state index contributed by atoms with van der Waals surface area (Å²) < 4.78 is 5.29. The Bertz CT molecular complexity index is 948. The van der Waals surface area contributed by atoms with Crippen molar-refractivity contribution >= 4 is 11.7 Å². The van der Waals surface area contributed by atoms with Gasteiger partial charge in [0.25, 0.3) is 0 Å². The lowest BCUT2D eigenvalue weighted by molar-refractivity contribution is 0.184. The van der Waals surface area contributed by atoms with Crippen LogP contribution in [0.2, 0.25) is 0 Å². The molecule has 2 heterocycles. The van der Waals surface area contributed by atoms with Crippen LogP contribution in [0, 0.1) is 6.92 Å². The Balaban J connectivity index is 1.68. The number of aliphatic imine (C=N–C) groups is 1. The first-order chi connectivity index (χ1) is 13.2. The van der Waals surface area contributed by atoms with Gasteiger partial charge in [-0.3, -0.25) is 5.10 Å². The number of methoxy groups -OCH3 is 1. The molecule has 0 saturated carbocycles. The topological polar surface area (TPSA) is 65.5 Å². The molecule has 0 saturated heterocycles. The van der Waals surface area contributed by atoms with Gasteiger partial charge in [-0.25, -0.2) is 10.0 Å². The molecule has 0 radical (unpaired) electrons. The Morgan fingerprint density at radius 3 is 2.70 bits per heavy atom. The molecule has 2 N–H and O–H groups in total. The normalized spacial score (nSPS) is 15.6. The number of benzene rings is 2. The van der Waals surface area contributed by atoms with E-state index in [9.17, 15) is 0 Å². The lowest BCUT2D eigenvalue weighted by atomic mass is 10.0. The standard InChI is InChI=1S/C21H23N5O/c1-15-10-20(24-23-15)22-21-19-9-8-17(14-27-2)11-18(19)13-26(25-21)12-16-6-4-3-5-7-16/h3-11H,12-14H2,1-2H3,(H2,22,23,24,25). The van der Waals surface area contributed by atoms with E-state index in [1.165, 1.54) is 11.1 Å². The third-order valence-corrected chi connectivity index (χ3v) is 4.50. The molecule has 27 heavy (non-hydrogen) atoms. The van der Waals surface area contributed by atoms with E-state index in [1.54, 1.807) is 7.11 Å². The van der Waals surface area contributed by atoms with Gasteiger partial charge in [-0.2, -0.15) is 5.10 Å². The molecule has 3 aromatic rings. The highest BCUT2D eigenvalue weighted by Crippen LogP contribution is 2.22. The summed E-state index contributed by atoms with van der Waals surface area (Å²) in [6.07, 6.45) is 0. The maximum Gasteiger partial charge on any atom is 0.175 e. The summed E-state index contributed by atoms with van der Waals surface area (Å²) >= 11 is 0. The summed E-state index contributed by atoms with van der Waals surface area (Å²) in [5.41, 5.74) is 9.18. The first-order valence-corrected chi connectivity index (χ1v) is 8.98. The molecular formula is C21H23N5O. The minimum absolute atomic E-state index is 0.602. The van der Waals surface area contributed by atoms with Crippen molar-refractivity contribution in [2.75, 3.05) is 7.11 Å². The number of aromatic amines is 1. The second kappa shape index (κ2) is 7.73. The maximum atomic E-state index is 5.29. The van der Waals surface area contributed by atoms with Gasteiger partial charge < -0.3 is 10.2 Å². The van der Waals surface area contributed by atoms with Gasteiger partial charge in [-0.15, -0.1) is 0 Å². The van der Waals surface area contributed by atoms with Crippen LogP contribution in [0.4, 0.5) is 5.82 Å². The van der Waals surface area contributed by atoms with E-state index in [2.05, 4.69) is 63.1 Å². The Labute approximate surface area is 158 Å². The van der Waals surface area contributed by atoms with Gasteiger partial charge in [0.15, 0.2) is 11.7 Å². The maximum absolute atomic E-state index is 5.29. The van der Waals surface area contributed by atoms with Crippen LogP contribution in [0.3, 0.4) is 0 Å². The lowest BCUT2D eigenvalue weighted by Gasteiger charge is -2.31. The van der Waals surface area contributed by atoms with Crippen molar-refractivity contribution in [1.29, 1.82) is 0 Å². The molecule has 1 aliphatic heterocycles. The zero-order chi connectivity index (χ0) is 18.6. The third kappa shape index (κ3) is 4.07.